The molecule has 1 saturated heterocycles. The maximum Gasteiger partial charge on any atom is 0.323 e. The summed E-state index contributed by atoms with van der Waals surface area (Å²) in [5.41, 5.74) is 1.65. The fraction of sp³-hybridized carbons (Fsp3) is 0.316. The molecule has 1 aliphatic heterocycles. The van der Waals surface area contributed by atoms with Gasteiger partial charge in [-0.15, -0.1) is 0 Å². The normalized spacial score (nSPS) is 17.4. The molecule has 0 radical (unpaired) electrons. The Morgan fingerprint density at radius 1 is 1.16 bits per heavy atom. The predicted octanol–water partition coefficient (Wildman–Crippen LogP) is 3.30. The molecule has 1 unspecified atom stereocenters. The first-order valence-electron chi connectivity index (χ1n) is 8.32. The van der Waals surface area contributed by atoms with Crippen LogP contribution >= 0.6 is 0 Å². The zero-order valence-corrected chi connectivity index (χ0v) is 13.8. The fourth-order valence-electron chi connectivity index (χ4n) is 3.15. The fourth-order valence-corrected chi connectivity index (χ4v) is 3.15. The monoisotopic (exact) mass is 340 g/mol. The lowest BCUT2D eigenvalue weighted by atomic mass is 10.1. The average Bonchev–Trinajstić information content (AvgIpc) is 3.09. The number of hydrogen-bond donors (Lipinski definition) is 0. The second-order valence-corrected chi connectivity index (χ2v) is 6.11. The lowest BCUT2D eigenvalue weighted by Crippen LogP contribution is -2.36. The van der Waals surface area contributed by atoms with Crippen LogP contribution in [0.2, 0.25) is 0 Å². The zero-order chi connectivity index (χ0) is 17.6. The number of benzene rings is 2. The SMILES string of the molecule is O=C(OCc1ccccc1)C1CCCN1Cc1ccccc1[N+](=O)[O-]. The Labute approximate surface area is 146 Å². The van der Waals surface area contributed by atoms with Crippen LogP contribution in [0.15, 0.2) is 54.6 Å². The van der Waals surface area contributed by atoms with Crippen LogP contribution in [-0.2, 0) is 22.7 Å². The number of hydrogen-bond acceptors (Lipinski definition) is 5. The zero-order valence-electron chi connectivity index (χ0n) is 13.8. The first-order valence-corrected chi connectivity index (χ1v) is 8.32. The molecular formula is C19H20N2O4. The third-order valence-electron chi connectivity index (χ3n) is 4.42. The number of nitrogens with zero attached hydrogens (tertiary/aromatic N) is 2. The number of rotatable bonds is 6. The van der Waals surface area contributed by atoms with Crippen LogP contribution in [0.1, 0.15) is 24.0 Å². The molecular weight excluding hydrogens is 320 g/mol. The molecule has 2 aromatic rings. The highest BCUT2D eigenvalue weighted by Gasteiger charge is 2.33. The number of ether oxygens (including phenoxy) is 1. The van der Waals surface area contributed by atoms with Crippen molar-refractivity contribution >= 4 is 11.7 Å². The van der Waals surface area contributed by atoms with E-state index >= 15 is 0 Å². The minimum absolute atomic E-state index is 0.0887. The van der Waals surface area contributed by atoms with E-state index in [1.807, 2.05) is 35.2 Å². The summed E-state index contributed by atoms with van der Waals surface area (Å²) in [6.45, 7) is 1.36. The highest BCUT2D eigenvalue weighted by Crippen LogP contribution is 2.25. The molecule has 0 aliphatic carbocycles. The molecule has 0 amide bonds. The highest BCUT2D eigenvalue weighted by atomic mass is 16.6. The molecule has 0 saturated carbocycles. The lowest BCUT2D eigenvalue weighted by Gasteiger charge is -2.23. The highest BCUT2D eigenvalue weighted by molar-refractivity contribution is 5.76. The summed E-state index contributed by atoms with van der Waals surface area (Å²) in [6, 6.07) is 15.9. The van der Waals surface area contributed by atoms with Gasteiger partial charge >= 0.3 is 5.97 Å². The van der Waals surface area contributed by atoms with Crippen LogP contribution in [0.5, 0.6) is 0 Å². The van der Waals surface area contributed by atoms with Gasteiger partial charge in [-0.1, -0.05) is 48.5 Å². The summed E-state index contributed by atoms with van der Waals surface area (Å²) < 4.78 is 5.44. The van der Waals surface area contributed by atoms with Crippen LogP contribution in [-0.4, -0.2) is 28.4 Å². The van der Waals surface area contributed by atoms with Gasteiger partial charge in [0.15, 0.2) is 0 Å². The van der Waals surface area contributed by atoms with Gasteiger partial charge in [0, 0.05) is 18.2 Å². The van der Waals surface area contributed by atoms with Crippen molar-refractivity contribution in [1.29, 1.82) is 0 Å². The molecule has 0 N–H and O–H groups in total. The summed E-state index contributed by atoms with van der Waals surface area (Å²) >= 11 is 0. The quantitative estimate of drug-likeness (QED) is 0.458. The minimum Gasteiger partial charge on any atom is -0.460 e. The van der Waals surface area contributed by atoms with Crippen molar-refractivity contribution in [2.24, 2.45) is 0 Å². The Morgan fingerprint density at radius 3 is 2.64 bits per heavy atom. The maximum absolute atomic E-state index is 12.4. The molecule has 1 fully saturated rings. The predicted molar refractivity (Wildman–Crippen MR) is 92.8 cm³/mol. The van der Waals surface area contributed by atoms with Crippen LogP contribution in [0.25, 0.3) is 0 Å². The molecule has 0 aromatic heterocycles. The lowest BCUT2D eigenvalue weighted by molar-refractivity contribution is -0.385. The summed E-state index contributed by atoms with van der Waals surface area (Å²) in [6.07, 6.45) is 1.60. The van der Waals surface area contributed by atoms with Gasteiger partial charge in [0.2, 0.25) is 0 Å². The van der Waals surface area contributed by atoms with Crippen molar-refractivity contribution in [3.63, 3.8) is 0 Å². The van der Waals surface area contributed by atoms with E-state index < -0.39 is 0 Å². The number of carbonyl (C=O) groups excluding carboxylic acids is 1. The molecule has 1 heterocycles. The molecule has 3 rings (SSSR count). The molecule has 0 bridgehead atoms. The number of nitro groups is 1. The average molecular weight is 340 g/mol. The summed E-state index contributed by atoms with van der Waals surface area (Å²) in [5.74, 6) is -0.264. The Balaban J connectivity index is 1.64. The Morgan fingerprint density at radius 2 is 1.88 bits per heavy atom. The van der Waals surface area contributed by atoms with Gasteiger partial charge < -0.3 is 4.74 Å². The Kier molecular flexibility index (Phi) is 5.40. The number of para-hydroxylation sites is 1. The number of nitro benzene ring substituents is 1. The van der Waals surface area contributed by atoms with Gasteiger partial charge in [-0.2, -0.15) is 0 Å². The van der Waals surface area contributed by atoms with Gasteiger partial charge in [-0.3, -0.25) is 19.8 Å². The van der Waals surface area contributed by atoms with Gasteiger partial charge in [0.05, 0.1) is 4.92 Å². The van der Waals surface area contributed by atoms with Crippen molar-refractivity contribution in [1.82, 2.24) is 4.90 Å². The van der Waals surface area contributed by atoms with E-state index in [0.29, 0.717) is 18.5 Å². The molecule has 0 spiro atoms. The third kappa shape index (κ3) is 4.22. The number of likely N-dealkylation sites (tertiary alicyclic amines) is 1. The summed E-state index contributed by atoms with van der Waals surface area (Å²) in [4.78, 5) is 25.2. The van der Waals surface area contributed by atoms with E-state index in [4.69, 9.17) is 4.74 Å². The van der Waals surface area contributed by atoms with Crippen molar-refractivity contribution in [2.45, 2.75) is 32.0 Å². The first-order chi connectivity index (χ1) is 12.1. The molecule has 2 aromatic carbocycles. The molecule has 1 aliphatic rings. The second kappa shape index (κ2) is 7.90. The topological polar surface area (TPSA) is 72.7 Å². The van der Waals surface area contributed by atoms with Crippen LogP contribution in [0, 0.1) is 10.1 Å². The number of esters is 1. The minimum atomic E-state index is -0.381. The van der Waals surface area contributed by atoms with E-state index in [1.54, 1.807) is 18.2 Å². The first kappa shape index (κ1) is 17.1. The van der Waals surface area contributed by atoms with Crippen molar-refractivity contribution in [2.75, 3.05) is 6.54 Å². The van der Waals surface area contributed by atoms with Crippen molar-refractivity contribution in [3.05, 3.63) is 75.8 Å². The smallest absolute Gasteiger partial charge is 0.323 e. The standard InChI is InChI=1S/C19H20N2O4/c22-19(25-14-15-7-2-1-3-8-15)18-11-6-12-20(18)13-16-9-4-5-10-17(16)21(23)24/h1-5,7-10,18H,6,11-14H2. The van der Waals surface area contributed by atoms with Crippen molar-refractivity contribution in [3.8, 4) is 0 Å². The van der Waals surface area contributed by atoms with E-state index in [0.717, 1.165) is 18.5 Å². The van der Waals surface area contributed by atoms with Gasteiger partial charge in [-0.25, -0.2) is 0 Å². The van der Waals surface area contributed by atoms with Gasteiger partial charge in [0.1, 0.15) is 12.6 Å². The van der Waals surface area contributed by atoms with Gasteiger partial charge in [0.25, 0.3) is 5.69 Å². The second-order valence-electron chi connectivity index (χ2n) is 6.11. The van der Waals surface area contributed by atoms with E-state index in [9.17, 15) is 14.9 Å². The molecule has 25 heavy (non-hydrogen) atoms. The van der Waals surface area contributed by atoms with E-state index in [2.05, 4.69) is 0 Å². The molecule has 1 atom stereocenters. The summed E-state index contributed by atoms with van der Waals surface area (Å²) in [5, 5.41) is 11.2. The third-order valence-corrected chi connectivity index (χ3v) is 4.42. The van der Waals surface area contributed by atoms with Crippen LogP contribution < -0.4 is 0 Å². The maximum atomic E-state index is 12.4. The molecule has 130 valence electrons. The van der Waals surface area contributed by atoms with E-state index in [1.165, 1.54) is 6.07 Å². The Hall–Kier alpha value is -2.73. The Bertz CT molecular complexity index is 748. The largest absolute Gasteiger partial charge is 0.460 e. The number of carbonyl (C=O) groups is 1. The van der Waals surface area contributed by atoms with E-state index in [-0.39, 0.29) is 29.2 Å². The van der Waals surface area contributed by atoms with Crippen molar-refractivity contribution < 1.29 is 14.5 Å². The van der Waals surface area contributed by atoms with Crippen LogP contribution in [0.4, 0.5) is 5.69 Å². The molecule has 6 heteroatoms. The van der Waals surface area contributed by atoms with Crippen LogP contribution in [0.3, 0.4) is 0 Å². The summed E-state index contributed by atoms with van der Waals surface area (Å²) in [7, 11) is 0. The van der Waals surface area contributed by atoms with Gasteiger partial charge in [-0.05, 0) is 24.9 Å². The molecule has 6 nitrogen and oxygen atoms in total.